The van der Waals surface area contributed by atoms with Crippen molar-refractivity contribution in [3.63, 3.8) is 0 Å². The Balaban J connectivity index is 5.24. The van der Waals surface area contributed by atoms with Crippen LogP contribution in [-0.2, 0) is 0 Å². The molecule has 0 unspecified atom stereocenters. The van der Waals surface area contributed by atoms with Gasteiger partial charge in [-0.2, -0.15) is 0 Å². The van der Waals surface area contributed by atoms with E-state index in [0.717, 1.165) is 0 Å². The second kappa shape index (κ2) is 7.17. The molecule has 0 bridgehead atoms. The van der Waals surface area contributed by atoms with Gasteiger partial charge in [0, 0.05) is 11.1 Å². The zero-order valence-corrected chi connectivity index (χ0v) is 21.4. The molecule has 0 saturated carbocycles. The average molecular weight is 373 g/mol. The molecule has 0 aliphatic carbocycles. The monoisotopic (exact) mass is 372 g/mol. The van der Waals surface area contributed by atoms with Gasteiger partial charge in [-0.3, -0.25) is 0 Å². The third-order valence-electron chi connectivity index (χ3n) is 4.81. The fourth-order valence-corrected chi connectivity index (χ4v) is 12.8. The van der Waals surface area contributed by atoms with E-state index in [1.807, 2.05) is 0 Å². The topological polar surface area (TPSA) is 24.1 Å². The highest BCUT2D eigenvalue weighted by Crippen LogP contribution is 2.32. The van der Waals surface area contributed by atoms with Gasteiger partial charge in [0.1, 0.15) is 15.5 Å². The van der Waals surface area contributed by atoms with Crippen molar-refractivity contribution in [3.8, 4) is 0 Å². The summed E-state index contributed by atoms with van der Waals surface area (Å²) in [6.45, 7) is 33.7. The van der Waals surface area contributed by atoms with E-state index in [-0.39, 0.29) is 11.1 Å². The summed E-state index contributed by atoms with van der Waals surface area (Å²) in [6, 6.07) is 0. The highest BCUT2D eigenvalue weighted by Gasteiger charge is 2.47. The minimum absolute atomic E-state index is 0.189. The Morgan fingerprint density at radius 1 is 0.500 bits per heavy atom. The minimum Gasteiger partial charge on any atom is -0.333 e. The number of hydrogen-bond acceptors (Lipinski definition) is 2. The Kier molecular flexibility index (Phi) is 7.27. The van der Waals surface area contributed by atoms with Crippen LogP contribution < -0.4 is 9.96 Å². The summed E-state index contributed by atoms with van der Waals surface area (Å²) in [6.07, 6.45) is 2.40. The molecule has 0 fully saturated rings. The highest BCUT2D eigenvalue weighted by molar-refractivity contribution is 7.38. The molecule has 0 atom stereocenters. The molecular formula is C20H48N2Si2. The van der Waals surface area contributed by atoms with E-state index in [1.165, 1.54) is 12.8 Å². The fourth-order valence-electron chi connectivity index (χ4n) is 4.74. The number of hydrogen-bond donors (Lipinski definition) is 2. The molecule has 0 aliphatic rings. The lowest BCUT2D eigenvalue weighted by molar-refractivity contribution is 0.264. The van der Waals surface area contributed by atoms with E-state index in [0.29, 0.717) is 10.8 Å². The summed E-state index contributed by atoms with van der Waals surface area (Å²) in [5.41, 5.74) is 1.08. The summed E-state index contributed by atoms with van der Waals surface area (Å²) in [5, 5.41) is 0. The van der Waals surface area contributed by atoms with Crippen LogP contribution in [0.3, 0.4) is 0 Å². The first kappa shape index (κ1) is 24.4. The largest absolute Gasteiger partial charge is 0.333 e. The van der Waals surface area contributed by atoms with E-state index in [1.54, 1.807) is 0 Å². The third-order valence-corrected chi connectivity index (χ3v) is 20.7. The van der Waals surface area contributed by atoms with Crippen LogP contribution in [0.4, 0.5) is 0 Å². The van der Waals surface area contributed by atoms with Crippen molar-refractivity contribution in [2.75, 3.05) is 0 Å². The van der Waals surface area contributed by atoms with E-state index in [2.05, 4.69) is 105 Å². The second-order valence-electron chi connectivity index (χ2n) is 12.7. The van der Waals surface area contributed by atoms with Crippen molar-refractivity contribution in [1.82, 2.24) is 9.96 Å². The van der Waals surface area contributed by atoms with Crippen molar-refractivity contribution in [2.24, 2.45) is 10.8 Å². The Morgan fingerprint density at radius 2 is 0.708 bits per heavy atom. The van der Waals surface area contributed by atoms with Gasteiger partial charge in [-0.05, 0) is 51.4 Å². The number of nitrogens with one attached hydrogen (secondary N) is 2. The van der Waals surface area contributed by atoms with Crippen LogP contribution in [0, 0.1) is 10.8 Å². The first-order valence-corrected chi connectivity index (χ1v) is 16.7. The summed E-state index contributed by atoms with van der Waals surface area (Å²) >= 11 is 0. The van der Waals surface area contributed by atoms with E-state index in [9.17, 15) is 0 Å². The van der Waals surface area contributed by atoms with Crippen molar-refractivity contribution in [1.29, 1.82) is 0 Å². The van der Waals surface area contributed by atoms with Crippen molar-refractivity contribution < 1.29 is 0 Å². The smallest absolute Gasteiger partial charge is 0.127 e. The molecule has 4 heteroatoms. The van der Waals surface area contributed by atoms with Crippen LogP contribution in [0.5, 0.6) is 0 Å². The van der Waals surface area contributed by atoms with Gasteiger partial charge in [-0.15, -0.1) is 0 Å². The molecule has 0 aliphatic heterocycles. The maximum absolute atomic E-state index is 4.15. The molecule has 0 radical (unpaired) electrons. The van der Waals surface area contributed by atoms with Crippen LogP contribution in [0.25, 0.3) is 0 Å². The molecule has 0 aromatic carbocycles. The zero-order chi connectivity index (χ0) is 19.8. The fraction of sp³-hybridized carbons (Fsp3) is 1.00. The van der Waals surface area contributed by atoms with Gasteiger partial charge in [0.2, 0.25) is 0 Å². The van der Waals surface area contributed by atoms with Crippen LogP contribution in [0.1, 0.15) is 82.1 Å². The van der Waals surface area contributed by atoms with Crippen LogP contribution >= 0.6 is 0 Å². The summed E-state index contributed by atoms with van der Waals surface area (Å²) in [4.78, 5) is 8.31. The lowest BCUT2D eigenvalue weighted by atomic mass is 9.82. The van der Waals surface area contributed by atoms with Crippen LogP contribution in [0.2, 0.25) is 26.2 Å². The van der Waals surface area contributed by atoms with Crippen molar-refractivity contribution in [3.05, 3.63) is 0 Å². The molecule has 0 heterocycles. The zero-order valence-electron chi connectivity index (χ0n) is 19.4. The van der Waals surface area contributed by atoms with Crippen molar-refractivity contribution >= 4 is 15.5 Å². The van der Waals surface area contributed by atoms with Gasteiger partial charge in [-0.1, -0.05) is 67.7 Å². The Hall–Kier alpha value is 0.354. The van der Waals surface area contributed by atoms with Gasteiger partial charge in [0.05, 0.1) is 0 Å². The quantitative estimate of drug-likeness (QED) is 0.529. The molecule has 0 saturated heterocycles. The predicted molar refractivity (Wildman–Crippen MR) is 118 cm³/mol. The van der Waals surface area contributed by atoms with Gasteiger partial charge >= 0.3 is 0 Å². The molecule has 0 spiro atoms. The van der Waals surface area contributed by atoms with Gasteiger partial charge in [0.15, 0.2) is 0 Å². The van der Waals surface area contributed by atoms with E-state index >= 15 is 0 Å². The number of rotatable bonds is 7. The molecule has 2 N–H and O–H groups in total. The SMILES string of the molecule is CC(C)(C)CC(C)(C)N[Si](C)(C)[Si](C)(C)NC(C)(C)CC(C)(C)C. The predicted octanol–water partition coefficient (Wildman–Crippen LogP) is 6.08. The second-order valence-corrected chi connectivity index (χ2v) is 27.2. The van der Waals surface area contributed by atoms with E-state index < -0.39 is 15.5 Å². The maximum atomic E-state index is 4.15. The third kappa shape index (κ3) is 9.16. The molecule has 0 amide bonds. The summed E-state index contributed by atoms with van der Waals surface area (Å²) in [7, 11) is -3.15. The van der Waals surface area contributed by atoms with Gasteiger partial charge < -0.3 is 9.96 Å². The molecule has 2 nitrogen and oxygen atoms in total. The first-order chi connectivity index (χ1) is 10.1. The lowest BCUT2D eigenvalue weighted by Crippen LogP contribution is -2.77. The summed E-state index contributed by atoms with van der Waals surface area (Å²) < 4.78 is 0. The van der Waals surface area contributed by atoms with E-state index in [4.69, 9.17) is 0 Å². The standard InChI is InChI=1S/C20H48N2Si2/c1-17(2,3)15-19(7,8)21-23(11,12)24(13,14)22-20(9,10)16-18(4,5)6/h21-22H,15-16H2,1-14H3. The lowest BCUT2D eigenvalue weighted by Gasteiger charge is -2.50. The maximum Gasteiger partial charge on any atom is 0.127 e. The molecular weight excluding hydrogens is 324 g/mol. The molecule has 0 rings (SSSR count). The Morgan fingerprint density at radius 3 is 0.875 bits per heavy atom. The van der Waals surface area contributed by atoms with Crippen LogP contribution in [0.15, 0.2) is 0 Å². The minimum atomic E-state index is -1.57. The van der Waals surface area contributed by atoms with Gasteiger partial charge in [0.25, 0.3) is 0 Å². The molecule has 0 aromatic heterocycles. The summed E-state index contributed by atoms with van der Waals surface area (Å²) in [5.74, 6) is 0. The molecule has 0 aromatic rings. The van der Waals surface area contributed by atoms with Gasteiger partial charge in [-0.25, -0.2) is 0 Å². The molecule has 146 valence electrons. The normalized spacial score (nSPS) is 15.8. The first-order valence-electron chi connectivity index (χ1n) is 9.66. The van der Waals surface area contributed by atoms with Crippen LogP contribution in [-0.4, -0.2) is 26.6 Å². The highest BCUT2D eigenvalue weighted by atomic mass is 29.3. The average Bonchev–Trinajstić information content (AvgIpc) is 2.01. The molecule has 24 heavy (non-hydrogen) atoms. The van der Waals surface area contributed by atoms with Crippen molar-refractivity contribution in [2.45, 2.75) is 119 Å². The Labute approximate surface area is 155 Å². The Bertz CT molecular complexity index is 370.